The molecule has 4 aliphatic carbocycles. The minimum atomic E-state index is 0.419. The van der Waals surface area contributed by atoms with Gasteiger partial charge in [-0.2, -0.15) is 0 Å². The number of carbonyl (C=O) groups is 1. The van der Waals surface area contributed by atoms with Gasteiger partial charge in [0, 0.05) is 12.8 Å². The van der Waals surface area contributed by atoms with Crippen molar-refractivity contribution in [1.82, 2.24) is 0 Å². The second-order valence-electron chi connectivity index (χ2n) is 9.63. The first kappa shape index (κ1) is 15.0. The van der Waals surface area contributed by atoms with Crippen LogP contribution >= 0.6 is 0 Å². The van der Waals surface area contributed by atoms with Crippen LogP contribution in [-0.2, 0) is 4.79 Å². The van der Waals surface area contributed by atoms with Crippen molar-refractivity contribution in [2.45, 2.75) is 79.1 Å². The summed E-state index contributed by atoms with van der Waals surface area (Å²) in [5, 5.41) is 0. The highest BCUT2D eigenvalue weighted by molar-refractivity contribution is 5.80. The molecule has 1 nitrogen and oxygen atoms in total. The van der Waals surface area contributed by atoms with Crippen LogP contribution in [0, 0.1) is 34.5 Å². The topological polar surface area (TPSA) is 17.1 Å². The van der Waals surface area contributed by atoms with Crippen LogP contribution in [0.3, 0.4) is 0 Å². The summed E-state index contributed by atoms with van der Waals surface area (Å²) in [7, 11) is 0. The number of Topliss-reactive ketones (excluding diaryl/α,β-unsaturated/α-hetero) is 1. The van der Waals surface area contributed by atoms with Gasteiger partial charge in [0.05, 0.1) is 0 Å². The van der Waals surface area contributed by atoms with E-state index in [0.29, 0.717) is 28.4 Å². The van der Waals surface area contributed by atoms with E-state index in [-0.39, 0.29) is 0 Å². The second kappa shape index (κ2) is 4.71. The highest BCUT2D eigenvalue weighted by atomic mass is 16.1. The molecule has 0 saturated heterocycles. The van der Waals surface area contributed by atoms with Gasteiger partial charge in [-0.3, -0.25) is 4.79 Å². The zero-order chi connectivity index (χ0) is 15.7. The van der Waals surface area contributed by atoms with Crippen molar-refractivity contribution in [2.24, 2.45) is 34.5 Å². The van der Waals surface area contributed by atoms with Gasteiger partial charge in [-0.15, -0.1) is 0 Å². The Morgan fingerprint density at radius 2 is 1.77 bits per heavy atom. The van der Waals surface area contributed by atoms with Crippen LogP contribution in [0.15, 0.2) is 11.1 Å². The van der Waals surface area contributed by atoms with Crippen LogP contribution in [0.4, 0.5) is 0 Å². The van der Waals surface area contributed by atoms with Gasteiger partial charge in [0.1, 0.15) is 5.78 Å². The average Bonchev–Trinajstić information content (AvgIpc) is 2.76. The minimum absolute atomic E-state index is 0.419. The molecule has 5 atom stereocenters. The molecule has 0 aromatic carbocycles. The number of allylic oxidation sites excluding steroid dienone is 2. The Morgan fingerprint density at radius 1 is 1.00 bits per heavy atom. The lowest BCUT2D eigenvalue weighted by Gasteiger charge is -2.58. The van der Waals surface area contributed by atoms with Crippen LogP contribution in [-0.4, -0.2) is 5.78 Å². The van der Waals surface area contributed by atoms with Crippen LogP contribution in [0.25, 0.3) is 0 Å². The molecule has 0 amide bonds. The zero-order valence-corrected chi connectivity index (χ0v) is 14.9. The predicted octanol–water partition coefficient (Wildman–Crippen LogP) is 5.54. The van der Waals surface area contributed by atoms with E-state index in [2.05, 4.69) is 27.7 Å². The maximum Gasteiger partial charge on any atom is 0.133 e. The van der Waals surface area contributed by atoms with E-state index in [1.165, 1.54) is 38.5 Å². The lowest BCUT2D eigenvalue weighted by Crippen LogP contribution is -2.52. The molecule has 2 fully saturated rings. The van der Waals surface area contributed by atoms with Gasteiger partial charge in [0.2, 0.25) is 0 Å². The van der Waals surface area contributed by atoms with Gasteiger partial charge >= 0.3 is 0 Å². The van der Waals surface area contributed by atoms with Crippen LogP contribution < -0.4 is 0 Å². The summed E-state index contributed by atoms with van der Waals surface area (Å²) in [6.45, 7) is 9.85. The first-order chi connectivity index (χ1) is 10.3. The lowest BCUT2D eigenvalue weighted by molar-refractivity contribution is -0.136. The maximum absolute atomic E-state index is 12.1. The van der Waals surface area contributed by atoms with E-state index >= 15 is 0 Å². The largest absolute Gasteiger partial charge is 0.300 e. The third kappa shape index (κ3) is 1.86. The molecule has 1 heteroatoms. The van der Waals surface area contributed by atoms with E-state index in [9.17, 15) is 4.79 Å². The van der Waals surface area contributed by atoms with Crippen LogP contribution in [0.1, 0.15) is 79.1 Å². The summed E-state index contributed by atoms with van der Waals surface area (Å²) in [5.41, 5.74) is 4.58. The average molecular weight is 300 g/mol. The first-order valence-electron chi connectivity index (χ1n) is 9.58. The highest BCUT2D eigenvalue weighted by Crippen LogP contribution is 2.64. The number of carbonyl (C=O) groups excluding carboxylic acids is 1. The molecule has 22 heavy (non-hydrogen) atoms. The SMILES string of the molecule is C[C@H]1CC(=O)C[C@@H]2CC[C@H]3C4=C(CC[C@@H]3[C@]21C)C(C)(C)CC4. The number of ketones is 1. The van der Waals surface area contributed by atoms with Crippen molar-refractivity contribution in [3.8, 4) is 0 Å². The van der Waals surface area contributed by atoms with Crippen molar-refractivity contribution in [3.63, 3.8) is 0 Å². The van der Waals surface area contributed by atoms with Gasteiger partial charge in [-0.05, 0) is 73.0 Å². The Morgan fingerprint density at radius 3 is 2.55 bits per heavy atom. The van der Waals surface area contributed by atoms with E-state index < -0.39 is 0 Å². The van der Waals surface area contributed by atoms with E-state index in [0.717, 1.165) is 24.7 Å². The molecule has 0 radical (unpaired) electrons. The fourth-order valence-electron chi connectivity index (χ4n) is 6.96. The Bertz CT molecular complexity index is 540. The number of hydrogen-bond acceptors (Lipinski definition) is 1. The van der Waals surface area contributed by atoms with E-state index in [1.807, 2.05) is 11.1 Å². The zero-order valence-electron chi connectivity index (χ0n) is 14.9. The molecule has 4 aliphatic rings. The monoisotopic (exact) mass is 300 g/mol. The van der Waals surface area contributed by atoms with Crippen molar-refractivity contribution in [2.75, 3.05) is 0 Å². The van der Waals surface area contributed by atoms with E-state index in [4.69, 9.17) is 0 Å². The van der Waals surface area contributed by atoms with Crippen molar-refractivity contribution in [1.29, 1.82) is 0 Å². The molecular weight excluding hydrogens is 268 g/mol. The Kier molecular flexibility index (Phi) is 3.20. The van der Waals surface area contributed by atoms with Crippen molar-refractivity contribution >= 4 is 5.78 Å². The molecule has 4 rings (SSSR count). The molecule has 0 bridgehead atoms. The summed E-state index contributed by atoms with van der Waals surface area (Å²) in [6.07, 6.45) is 9.83. The highest BCUT2D eigenvalue weighted by Gasteiger charge is 2.56. The minimum Gasteiger partial charge on any atom is -0.300 e. The molecule has 0 N–H and O–H groups in total. The van der Waals surface area contributed by atoms with E-state index in [1.54, 1.807) is 0 Å². The Hall–Kier alpha value is -0.590. The van der Waals surface area contributed by atoms with Gasteiger partial charge < -0.3 is 0 Å². The molecule has 0 aliphatic heterocycles. The smallest absolute Gasteiger partial charge is 0.133 e. The Labute approximate surface area is 135 Å². The van der Waals surface area contributed by atoms with Crippen LogP contribution in [0.2, 0.25) is 0 Å². The maximum atomic E-state index is 12.1. The second-order valence-corrected chi connectivity index (χ2v) is 9.63. The quantitative estimate of drug-likeness (QED) is 0.536. The van der Waals surface area contributed by atoms with Gasteiger partial charge in [-0.25, -0.2) is 0 Å². The van der Waals surface area contributed by atoms with Gasteiger partial charge in [0.15, 0.2) is 0 Å². The summed E-state index contributed by atoms with van der Waals surface area (Å²) < 4.78 is 0. The molecule has 0 unspecified atom stereocenters. The Balaban J connectivity index is 1.71. The molecule has 122 valence electrons. The molecule has 2 saturated carbocycles. The van der Waals surface area contributed by atoms with Gasteiger partial charge in [0.25, 0.3) is 0 Å². The molecule has 0 spiro atoms. The fraction of sp³-hybridized carbons (Fsp3) is 0.857. The van der Waals surface area contributed by atoms with Crippen molar-refractivity contribution in [3.05, 3.63) is 11.1 Å². The molecular formula is C21H32O. The lowest BCUT2D eigenvalue weighted by atomic mass is 9.46. The predicted molar refractivity (Wildman–Crippen MR) is 90.5 cm³/mol. The third-order valence-electron chi connectivity index (χ3n) is 8.44. The summed E-state index contributed by atoms with van der Waals surface area (Å²) >= 11 is 0. The molecule has 0 aromatic heterocycles. The molecule has 0 aromatic rings. The van der Waals surface area contributed by atoms with Crippen LogP contribution in [0.5, 0.6) is 0 Å². The van der Waals surface area contributed by atoms with Gasteiger partial charge in [-0.1, -0.05) is 38.8 Å². The number of rotatable bonds is 0. The molecule has 0 heterocycles. The fourth-order valence-corrected chi connectivity index (χ4v) is 6.96. The number of hydrogen-bond donors (Lipinski definition) is 0. The third-order valence-corrected chi connectivity index (χ3v) is 8.44. The summed E-state index contributed by atoms with van der Waals surface area (Å²) in [6, 6.07) is 0. The van der Waals surface area contributed by atoms with Crippen molar-refractivity contribution < 1.29 is 4.79 Å². The first-order valence-corrected chi connectivity index (χ1v) is 9.58. The summed E-state index contributed by atoms with van der Waals surface area (Å²) in [5.74, 6) is 3.49. The standard InChI is InChI=1S/C21H32O/c1-13-11-15(22)12-14-5-6-16-17-9-10-20(2,3)18(17)7-8-19(16)21(13,14)4/h13-14,16,19H,5-12H2,1-4H3/t13-,14-,16-,19-,21-/m0/s1. The summed E-state index contributed by atoms with van der Waals surface area (Å²) in [4.78, 5) is 12.1. The number of fused-ring (bicyclic) bond motifs is 4. The normalized spacial score (nSPS) is 47.0.